The van der Waals surface area contributed by atoms with Crippen molar-refractivity contribution in [2.75, 3.05) is 14.1 Å². The smallest absolute Gasteiger partial charge is 0.0158 e. The van der Waals surface area contributed by atoms with E-state index in [2.05, 4.69) is 50.2 Å². The highest BCUT2D eigenvalue weighted by molar-refractivity contribution is 5.26. The second-order valence-electron chi connectivity index (χ2n) is 4.98. The molecule has 1 aliphatic rings. The molecular formula is C14H21N. The second kappa shape index (κ2) is 4.36. The zero-order valence-corrected chi connectivity index (χ0v) is 10.0. The predicted octanol–water partition coefficient (Wildman–Crippen LogP) is 3.19. The quantitative estimate of drug-likeness (QED) is 0.713. The molecule has 2 unspecified atom stereocenters. The van der Waals surface area contributed by atoms with Gasteiger partial charge in [0.25, 0.3) is 0 Å². The third-order valence-corrected chi connectivity index (χ3v) is 3.65. The van der Waals surface area contributed by atoms with E-state index in [-0.39, 0.29) is 0 Å². The molecule has 0 heterocycles. The molecule has 2 rings (SSSR count). The molecular weight excluding hydrogens is 182 g/mol. The summed E-state index contributed by atoms with van der Waals surface area (Å²) in [6.45, 7) is 2.15. The van der Waals surface area contributed by atoms with Gasteiger partial charge in [-0.25, -0.2) is 0 Å². The van der Waals surface area contributed by atoms with E-state index in [1.807, 2.05) is 0 Å². The summed E-state index contributed by atoms with van der Waals surface area (Å²) in [6, 6.07) is 9.83. The van der Waals surface area contributed by atoms with Gasteiger partial charge in [-0.3, -0.25) is 0 Å². The van der Waals surface area contributed by atoms with Crippen LogP contribution in [-0.4, -0.2) is 25.0 Å². The van der Waals surface area contributed by atoms with Crippen molar-refractivity contribution < 1.29 is 0 Å². The first-order chi connectivity index (χ1) is 7.18. The lowest BCUT2D eigenvalue weighted by molar-refractivity contribution is 0.276. The lowest BCUT2D eigenvalue weighted by atomic mass is 9.93. The van der Waals surface area contributed by atoms with Crippen LogP contribution in [0.25, 0.3) is 0 Å². The number of hydrogen-bond acceptors (Lipinski definition) is 1. The van der Waals surface area contributed by atoms with E-state index in [1.165, 1.54) is 30.4 Å². The summed E-state index contributed by atoms with van der Waals surface area (Å²) in [5.74, 6) is 0.751. The number of likely N-dealkylation sites (N-methyl/N-ethyl adjacent to an activating group) is 1. The number of benzene rings is 1. The Labute approximate surface area is 93.1 Å². The Bertz CT molecular complexity index is 313. The van der Waals surface area contributed by atoms with Crippen molar-refractivity contribution in [3.63, 3.8) is 0 Å². The van der Waals surface area contributed by atoms with Crippen molar-refractivity contribution >= 4 is 0 Å². The summed E-state index contributed by atoms with van der Waals surface area (Å²) < 4.78 is 0. The molecule has 0 bridgehead atoms. The normalized spacial score (nSPS) is 26.1. The zero-order chi connectivity index (χ0) is 10.8. The van der Waals surface area contributed by atoms with Crippen LogP contribution in [0.1, 0.15) is 36.3 Å². The maximum Gasteiger partial charge on any atom is 0.0158 e. The number of nitrogens with zero attached hydrogens (tertiary/aromatic N) is 1. The average Bonchev–Trinajstić information content (AvgIpc) is 2.67. The summed E-state index contributed by atoms with van der Waals surface area (Å²) in [4.78, 5) is 2.39. The maximum absolute atomic E-state index is 2.39. The monoisotopic (exact) mass is 203 g/mol. The molecule has 1 heteroatoms. The Morgan fingerprint density at radius 1 is 1.07 bits per heavy atom. The molecule has 82 valence electrons. The fraction of sp³-hybridized carbons (Fsp3) is 0.571. The van der Waals surface area contributed by atoms with Gasteiger partial charge in [-0.15, -0.1) is 0 Å². The minimum absolute atomic E-state index is 0.743. The molecule has 1 nitrogen and oxygen atoms in total. The van der Waals surface area contributed by atoms with Gasteiger partial charge in [-0.05, 0) is 45.3 Å². The fourth-order valence-corrected chi connectivity index (χ4v) is 2.76. The van der Waals surface area contributed by atoms with E-state index in [9.17, 15) is 0 Å². The third kappa shape index (κ3) is 2.23. The van der Waals surface area contributed by atoms with Gasteiger partial charge in [-0.2, -0.15) is 0 Å². The van der Waals surface area contributed by atoms with E-state index < -0.39 is 0 Å². The van der Waals surface area contributed by atoms with Crippen molar-refractivity contribution in [3.05, 3.63) is 35.4 Å². The van der Waals surface area contributed by atoms with Crippen LogP contribution in [0.3, 0.4) is 0 Å². The highest BCUT2D eigenvalue weighted by Gasteiger charge is 2.29. The molecule has 1 saturated carbocycles. The molecule has 0 amide bonds. The van der Waals surface area contributed by atoms with Crippen LogP contribution in [0.4, 0.5) is 0 Å². The van der Waals surface area contributed by atoms with Crippen molar-refractivity contribution in [1.82, 2.24) is 4.90 Å². The van der Waals surface area contributed by atoms with Crippen molar-refractivity contribution in [1.29, 1.82) is 0 Å². The Morgan fingerprint density at radius 2 is 1.73 bits per heavy atom. The van der Waals surface area contributed by atoms with E-state index in [1.54, 1.807) is 0 Å². The molecule has 0 aliphatic heterocycles. The van der Waals surface area contributed by atoms with E-state index >= 15 is 0 Å². The summed E-state index contributed by atoms with van der Waals surface area (Å²) in [6.07, 6.45) is 4.08. The van der Waals surface area contributed by atoms with Gasteiger partial charge in [0.05, 0.1) is 0 Å². The van der Waals surface area contributed by atoms with Gasteiger partial charge >= 0.3 is 0 Å². The number of hydrogen-bond donors (Lipinski definition) is 0. The molecule has 1 aromatic rings. The van der Waals surface area contributed by atoms with Gasteiger partial charge < -0.3 is 4.90 Å². The third-order valence-electron chi connectivity index (χ3n) is 3.65. The summed E-state index contributed by atoms with van der Waals surface area (Å²) in [5, 5.41) is 0. The van der Waals surface area contributed by atoms with Crippen LogP contribution in [-0.2, 0) is 0 Å². The molecule has 0 saturated heterocycles. The minimum atomic E-state index is 0.743. The van der Waals surface area contributed by atoms with Gasteiger partial charge in [-0.1, -0.05) is 36.2 Å². The Balaban J connectivity index is 2.19. The predicted molar refractivity (Wildman–Crippen MR) is 65.2 cm³/mol. The highest BCUT2D eigenvalue weighted by atomic mass is 15.1. The topological polar surface area (TPSA) is 3.24 Å². The van der Waals surface area contributed by atoms with Gasteiger partial charge in [0.15, 0.2) is 0 Å². The van der Waals surface area contributed by atoms with E-state index in [0.29, 0.717) is 0 Å². The van der Waals surface area contributed by atoms with Crippen LogP contribution in [0.2, 0.25) is 0 Å². The van der Waals surface area contributed by atoms with Crippen molar-refractivity contribution in [2.45, 2.75) is 38.1 Å². The molecule has 2 atom stereocenters. The lowest BCUT2D eigenvalue weighted by Gasteiger charge is -2.26. The highest BCUT2D eigenvalue weighted by Crippen LogP contribution is 2.36. The first kappa shape index (κ1) is 10.7. The molecule has 1 fully saturated rings. The van der Waals surface area contributed by atoms with Crippen LogP contribution in [0.15, 0.2) is 24.3 Å². The molecule has 1 aliphatic carbocycles. The first-order valence-electron chi connectivity index (χ1n) is 5.91. The molecule has 0 N–H and O–H groups in total. The van der Waals surface area contributed by atoms with E-state index in [0.717, 1.165) is 12.0 Å². The summed E-state index contributed by atoms with van der Waals surface area (Å²) in [5.41, 5.74) is 2.88. The van der Waals surface area contributed by atoms with Gasteiger partial charge in [0.1, 0.15) is 0 Å². The maximum atomic E-state index is 2.39. The van der Waals surface area contributed by atoms with E-state index in [4.69, 9.17) is 0 Å². The van der Waals surface area contributed by atoms with Crippen LogP contribution in [0.5, 0.6) is 0 Å². The van der Waals surface area contributed by atoms with Crippen LogP contribution < -0.4 is 0 Å². The Kier molecular flexibility index (Phi) is 3.11. The summed E-state index contributed by atoms with van der Waals surface area (Å²) >= 11 is 0. The summed E-state index contributed by atoms with van der Waals surface area (Å²) in [7, 11) is 4.41. The molecule has 0 radical (unpaired) electrons. The number of rotatable bonds is 2. The standard InChI is InChI=1S/C14H21N/c1-11-7-9-12(10-8-11)13-5-4-6-14(13)15(2)3/h7-10,13-14H,4-6H2,1-3H3. The molecule has 1 aromatic carbocycles. The SMILES string of the molecule is Cc1ccc(C2CCCC2N(C)C)cc1. The fourth-order valence-electron chi connectivity index (χ4n) is 2.76. The first-order valence-corrected chi connectivity index (χ1v) is 5.91. The molecule has 15 heavy (non-hydrogen) atoms. The largest absolute Gasteiger partial charge is 0.306 e. The molecule has 0 aromatic heterocycles. The van der Waals surface area contributed by atoms with Crippen molar-refractivity contribution in [2.24, 2.45) is 0 Å². The zero-order valence-electron chi connectivity index (χ0n) is 10.0. The van der Waals surface area contributed by atoms with Crippen LogP contribution >= 0.6 is 0 Å². The van der Waals surface area contributed by atoms with Crippen molar-refractivity contribution in [3.8, 4) is 0 Å². The lowest BCUT2D eigenvalue weighted by Crippen LogP contribution is -2.29. The average molecular weight is 203 g/mol. The Morgan fingerprint density at radius 3 is 2.33 bits per heavy atom. The van der Waals surface area contributed by atoms with Crippen LogP contribution in [0, 0.1) is 6.92 Å². The molecule has 0 spiro atoms. The van der Waals surface area contributed by atoms with Gasteiger partial charge in [0, 0.05) is 6.04 Å². The number of aryl methyl sites for hydroxylation is 1. The Hall–Kier alpha value is -0.820. The van der Waals surface area contributed by atoms with Gasteiger partial charge in [0.2, 0.25) is 0 Å². The minimum Gasteiger partial charge on any atom is -0.306 e. The second-order valence-corrected chi connectivity index (χ2v) is 4.98.